The second kappa shape index (κ2) is 10.9. The van der Waals surface area contributed by atoms with Crippen molar-refractivity contribution < 1.29 is 0 Å². The maximum atomic E-state index is 9.65. The average Bonchev–Trinajstić information content (AvgIpc) is 3.73. The fourth-order valence-corrected chi connectivity index (χ4v) is 8.59. The Labute approximate surface area is 299 Å². The van der Waals surface area contributed by atoms with Crippen molar-refractivity contribution in [2.45, 2.75) is 0 Å². The first-order valence-corrected chi connectivity index (χ1v) is 17.7. The van der Waals surface area contributed by atoms with Crippen molar-refractivity contribution in [3.8, 4) is 28.6 Å². The summed E-state index contributed by atoms with van der Waals surface area (Å²) in [6, 6.07) is 65.6. The lowest BCUT2D eigenvalue weighted by atomic mass is 9.93. The minimum atomic E-state index is 0.678. The molecule has 0 aliphatic heterocycles. The smallest absolute Gasteiger partial charge is 0.0991 e. The Bertz CT molecular complexity index is 3280. The topological polar surface area (TPSA) is 33.6 Å². The zero-order chi connectivity index (χ0) is 34.3. The second-order valence-corrected chi connectivity index (χ2v) is 13.7. The van der Waals surface area contributed by atoms with Crippen LogP contribution in [-0.4, -0.2) is 9.13 Å². The van der Waals surface area contributed by atoms with Crippen molar-refractivity contribution in [1.29, 1.82) is 5.26 Å². The summed E-state index contributed by atoms with van der Waals surface area (Å²) in [6.45, 7) is 0. The Morgan fingerprint density at radius 2 is 0.808 bits per heavy atom. The van der Waals surface area contributed by atoms with Crippen LogP contribution in [-0.2, 0) is 0 Å². The van der Waals surface area contributed by atoms with Gasteiger partial charge in [-0.1, -0.05) is 109 Å². The molecule has 0 unspecified atom stereocenters. The maximum Gasteiger partial charge on any atom is 0.0991 e. The number of rotatable bonds is 3. The lowest BCUT2D eigenvalue weighted by Gasteiger charge is -2.14. The van der Waals surface area contributed by atoms with Gasteiger partial charge in [-0.15, -0.1) is 0 Å². The van der Waals surface area contributed by atoms with Crippen molar-refractivity contribution in [1.82, 2.24) is 9.13 Å². The van der Waals surface area contributed by atoms with Crippen molar-refractivity contribution in [3.05, 3.63) is 181 Å². The molecule has 0 bridgehead atoms. The fraction of sp³-hybridized carbons (Fsp3) is 0. The van der Waals surface area contributed by atoms with Crippen molar-refractivity contribution in [3.63, 3.8) is 0 Å². The molecule has 2 aromatic heterocycles. The van der Waals surface area contributed by atoms with Crippen LogP contribution in [0.4, 0.5) is 0 Å². The van der Waals surface area contributed by atoms with Gasteiger partial charge in [0, 0.05) is 32.9 Å². The molecule has 52 heavy (non-hydrogen) atoms. The predicted molar refractivity (Wildman–Crippen MR) is 218 cm³/mol. The Kier molecular flexibility index (Phi) is 6.02. The summed E-state index contributed by atoms with van der Waals surface area (Å²) in [5, 5.41) is 21.6. The van der Waals surface area contributed by atoms with Gasteiger partial charge in [0.2, 0.25) is 0 Å². The second-order valence-electron chi connectivity index (χ2n) is 13.7. The van der Waals surface area contributed by atoms with Gasteiger partial charge in [-0.25, -0.2) is 0 Å². The number of nitrogens with zero attached hydrogens (tertiary/aromatic N) is 3. The summed E-state index contributed by atoms with van der Waals surface area (Å²) in [7, 11) is 0. The molecule has 2 heterocycles. The van der Waals surface area contributed by atoms with Crippen LogP contribution in [0.3, 0.4) is 0 Å². The average molecular weight is 660 g/mol. The van der Waals surface area contributed by atoms with E-state index in [1.807, 2.05) is 12.1 Å². The summed E-state index contributed by atoms with van der Waals surface area (Å²) in [6.07, 6.45) is 0. The molecule has 0 amide bonds. The van der Waals surface area contributed by atoms with Crippen molar-refractivity contribution >= 4 is 75.9 Å². The highest BCUT2D eigenvalue weighted by Crippen LogP contribution is 2.40. The summed E-state index contributed by atoms with van der Waals surface area (Å²) in [4.78, 5) is 0. The third-order valence-electron chi connectivity index (χ3n) is 10.9. The molecule has 0 atom stereocenters. The van der Waals surface area contributed by atoms with Gasteiger partial charge in [-0.3, -0.25) is 0 Å². The van der Waals surface area contributed by atoms with Gasteiger partial charge in [0.15, 0.2) is 0 Å². The van der Waals surface area contributed by atoms with E-state index in [-0.39, 0.29) is 0 Å². The lowest BCUT2D eigenvalue weighted by Crippen LogP contribution is -1.95. The van der Waals surface area contributed by atoms with Crippen LogP contribution < -0.4 is 0 Å². The minimum absolute atomic E-state index is 0.678. The molecule has 11 aromatic rings. The number of hydrogen-bond donors (Lipinski definition) is 0. The molecule has 9 aromatic carbocycles. The Morgan fingerprint density at radius 3 is 1.54 bits per heavy atom. The minimum Gasteiger partial charge on any atom is -0.309 e. The van der Waals surface area contributed by atoms with Gasteiger partial charge < -0.3 is 9.13 Å². The van der Waals surface area contributed by atoms with Crippen LogP contribution in [0.15, 0.2) is 176 Å². The molecule has 0 aliphatic rings. The monoisotopic (exact) mass is 659 g/mol. The normalized spacial score (nSPS) is 11.8. The molecule has 0 saturated carbocycles. The number of hydrogen-bond acceptors (Lipinski definition) is 1. The van der Waals surface area contributed by atoms with Gasteiger partial charge in [-0.05, 0) is 110 Å². The van der Waals surface area contributed by atoms with E-state index in [1.54, 1.807) is 0 Å². The Hall–Kier alpha value is -7.15. The zero-order valence-electron chi connectivity index (χ0n) is 28.1. The third-order valence-corrected chi connectivity index (χ3v) is 10.9. The summed E-state index contributed by atoms with van der Waals surface area (Å²) in [5.41, 5.74) is 10.1. The van der Waals surface area contributed by atoms with E-state index in [4.69, 9.17) is 0 Å². The van der Waals surface area contributed by atoms with Gasteiger partial charge in [-0.2, -0.15) is 5.26 Å². The number of benzene rings is 9. The molecule has 0 N–H and O–H groups in total. The fourth-order valence-electron chi connectivity index (χ4n) is 8.59. The van der Waals surface area contributed by atoms with Crippen LogP contribution in [0.25, 0.3) is 98.4 Å². The van der Waals surface area contributed by atoms with Crippen LogP contribution in [0.2, 0.25) is 0 Å². The standard InChI is InChI=1S/C49H29N3/c50-30-31-18-22-38-39-24-21-35(29-44(39)37-13-5-4-12-36(37)43(38)26-31)52-47-17-9-7-15-41(47)45-27-32(20-25-48(45)52)33-19-23-42-40-14-6-8-16-46(40)51(49(42)28-33)34-10-2-1-3-11-34/h1-29H. The summed E-state index contributed by atoms with van der Waals surface area (Å²) >= 11 is 0. The van der Waals surface area contributed by atoms with Crippen LogP contribution in [0.5, 0.6) is 0 Å². The summed E-state index contributed by atoms with van der Waals surface area (Å²) in [5.74, 6) is 0. The third kappa shape index (κ3) is 4.07. The first-order valence-electron chi connectivity index (χ1n) is 17.7. The van der Waals surface area contributed by atoms with Crippen LogP contribution >= 0.6 is 0 Å². The van der Waals surface area contributed by atoms with E-state index >= 15 is 0 Å². The van der Waals surface area contributed by atoms with Gasteiger partial charge >= 0.3 is 0 Å². The highest BCUT2D eigenvalue weighted by atomic mass is 15.0. The van der Waals surface area contributed by atoms with E-state index in [0.717, 1.165) is 27.5 Å². The van der Waals surface area contributed by atoms with E-state index < -0.39 is 0 Å². The zero-order valence-corrected chi connectivity index (χ0v) is 28.1. The molecule has 0 spiro atoms. The molecule has 0 fully saturated rings. The maximum absolute atomic E-state index is 9.65. The van der Waals surface area contributed by atoms with Gasteiger partial charge in [0.05, 0.1) is 33.7 Å². The number of aromatic nitrogens is 2. The highest BCUT2D eigenvalue weighted by Gasteiger charge is 2.17. The quantitative estimate of drug-likeness (QED) is 0.174. The number of para-hydroxylation sites is 3. The number of nitriles is 1. The molecule has 3 heteroatoms. The van der Waals surface area contributed by atoms with Gasteiger partial charge in [0.1, 0.15) is 0 Å². The molecule has 240 valence electrons. The van der Waals surface area contributed by atoms with E-state index in [2.05, 4.69) is 179 Å². The van der Waals surface area contributed by atoms with Crippen LogP contribution in [0.1, 0.15) is 5.56 Å². The molecule has 0 saturated heterocycles. The van der Waals surface area contributed by atoms with Crippen molar-refractivity contribution in [2.75, 3.05) is 0 Å². The first kappa shape index (κ1) is 28.7. The van der Waals surface area contributed by atoms with Crippen LogP contribution in [0, 0.1) is 11.3 Å². The van der Waals surface area contributed by atoms with Gasteiger partial charge in [0.25, 0.3) is 0 Å². The van der Waals surface area contributed by atoms with Crippen molar-refractivity contribution in [2.24, 2.45) is 0 Å². The van der Waals surface area contributed by atoms with E-state index in [0.29, 0.717) is 5.56 Å². The molecule has 0 aliphatic carbocycles. The molecule has 3 nitrogen and oxygen atoms in total. The Morgan fingerprint density at radius 1 is 0.308 bits per heavy atom. The molecule has 0 radical (unpaired) electrons. The largest absolute Gasteiger partial charge is 0.309 e. The van der Waals surface area contributed by atoms with E-state index in [1.165, 1.54) is 70.9 Å². The first-order chi connectivity index (χ1) is 25.7. The highest BCUT2D eigenvalue weighted by molar-refractivity contribution is 6.26. The summed E-state index contributed by atoms with van der Waals surface area (Å²) < 4.78 is 4.79. The Balaban J connectivity index is 1.13. The molecular weight excluding hydrogens is 631 g/mol. The molecular formula is C49H29N3. The molecule has 11 rings (SSSR count). The predicted octanol–water partition coefficient (Wildman–Crippen LogP) is 12.9. The van der Waals surface area contributed by atoms with E-state index in [9.17, 15) is 5.26 Å². The number of fused-ring (bicyclic) bond motifs is 12. The lowest BCUT2D eigenvalue weighted by molar-refractivity contribution is 1.18. The SMILES string of the molecule is N#Cc1ccc2c3ccc(-n4c5ccccc5c5cc(-c6ccc7c8ccccc8n(-c8ccccc8)c7c6)ccc54)cc3c3ccccc3c2c1.